The Morgan fingerprint density at radius 1 is 1.29 bits per heavy atom. The number of rotatable bonds is 2. The van der Waals surface area contributed by atoms with E-state index in [2.05, 4.69) is 5.32 Å². The van der Waals surface area contributed by atoms with Crippen LogP contribution in [0.2, 0.25) is 0 Å². The van der Waals surface area contributed by atoms with E-state index < -0.39 is 5.54 Å². The first-order chi connectivity index (χ1) is 10.1. The molecule has 2 atom stereocenters. The van der Waals surface area contributed by atoms with E-state index in [1.807, 2.05) is 30.3 Å². The third-order valence-electron chi connectivity index (χ3n) is 4.32. The Hall–Kier alpha value is -1.88. The number of nitrogens with zero attached hydrogens (tertiary/aromatic N) is 1. The van der Waals surface area contributed by atoms with Gasteiger partial charge in [0, 0.05) is 6.61 Å². The van der Waals surface area contributed by atoms with Crippen LogP contribution in [-0.4, -0.2) is 42.5 Å². The maximum Gasteiger partial charge on any atom is 0.253 e. The first-order valence-corrected chi connectivity index (χ1v) is 7.36. The van der Waals surface area contributed by atoms with Crippen molar-refractivity contribution in [1.29, 1.82) is 0 Å². The van der Waals surface area contributed by atoms with Crippen LogP contribution < -0.4 is 5.32 Å². The summed E-state index contributed by atoms with van der Waals surface area (Å²) in [4.78, 5) is 26.7. The second kappa shape index (κ2) is 5.48. The first kappa shape index (κ1) is 14.1. The van der Waals surface area contributed by atoms with Gasteiger partial charge < -0.3 is 15.0 Å². The third kappa shape index (κ3) is 2.53. The molecule has 2 aliphatic heterocycles. The van der Waals surface area contributed by atoms with Crippen LogP contribution in [0.1, 0.15) is 25.3 Å². The molecule has 2 saturated heterocycles. The molecule has 2 heterocycles. The predicted octanol–water partition coefficient (Wildman–Crippen LogP) is 1.04. The van der Waals surface area contributed by atoms with E-state index in [-0.39, 0.29) is 24.4 Å². The maximum absolute atomic E-state index is 12.9. The van der Waals surface area contributed by atoms with E-state index in [0.717, 1.165) is 25.0 Å². The Bertz CT molecular complexity index is 540. The van der Waals surface area contributed by atoms with Crippen LogP contribution in [0.3, 0.4) is 0 Å². The van der Waals surface area contributed by atoms with Crippen molar-refractivity contribution in [2.75, 3.05) is 19.8 Å². The molecule has 5 nitrogen and oxygen atoms in total. The Morgan fingerprint density at radius 2 is 2.05 bits per heavy atom. The number of carbonyl (C=O) groups is 2. The Morgan fingerprint density at radius 3 is 2.71 bits per heavy atom. The Labute approximate surface area is 124 Å². The summed E-state index contributed by atoms with van der Waals surface area (Å²) in [7, 11) is 0. The molecule has 2 fully saturated rings. The minimum absolute atomic E-state index is 0.000312. The molecule has 0 aromatic heterocycles. The quantitative estimate of drug-likeness (QED) is 0.884. The van der Waals surface area contributed by atoms with E-state index in [1.54, 1.807) is 11.8 Å². The summed E-state index contributed by atoms with van der Waals surface area (Å²) < 4.78 is 5.47. The highest BCUT2D eigenvalue weighted by molar-refractivity contribution is 5.98. The second-order valence-corrected chi connectivity index (χ2v) is 5.84. The van der Waals surface area contributed by atoms with Crippen molar-refractivity contribution in [3.63, 3.8) is 0 Å². The van der Waals surface area contributed by atoms with Gasteiger partial charge in [-0.2, -0.15) is 0 Å². The fourth-order valence-electron chi connectivity index (χ4n) is 3.12. The van der Waals surface area contributed by atoms with Crippen molar-refractivity contribution < 1.29 is 14.3 Å². The number of amides is 2. The van der Waals surface area contributed by atoms with Gasteiger partial charge in [-0.3, -0.25) is 9.59 Å². The van der Waals surface area contributed by atoms with Gasteiger partial charge in [-0.1, -0.05) is 30.3 Å². The molecule has 1 aromatic carbocycles. The number of hydrogen-bond acceptors (Lipinski definition) is 3. The van der Waals surface area contributed by atoms with E-state index in [1.165, 1.54) is 0 Å². The van der Waals surface area contributed by atoms with Gasteiger partial charge in [0.05, 0.1) is 12.6 Å². The summed E-state index contributed by atoms with van der Waals surface area (Å²) in [6.45, 7) is 3.15. The van der Waals surface area contributed by atoms with Crippen molar-refractivity contribution >= 4 is 11.8 Å². The predicted molar refractivity (Wildman–Crippen MR) is 77.5 cm³/mol. The third-order valence-corrected chi connectivity index (χ3v) is 4.32. The van der Waals surface area contributed by atoms with Crippen molar-refractivity contribution in [2.24, 2.45) is 0 Å². The highest BCUT2D eigenvalue weighted by Crippen LogP contribution is 2.28. The lowest BCUT2D eigenvalue weighted by molar-refractivity contribution is -0.154. The van der Waals surface area contributed by atoms with Crippen LogP contribution in [0, 0.1) is 0 Å². The number of carbonyl (C=O) groups excluding carboxylic acids is 2. The van der Waals surface area contributed by atoms with Gasteiger partial charge in [0.2, 0.25) is 5.91 Å². The van der Waals surface area contributed by atoms with Gasteiger partial charge in [-0.05, 0) is 25.3 Å². The smallest absolute Gasteiger partial charge is 0.253 e. The monoisotopic (exact) mass is 288 g/mol. The van der Waals surface area contributed by atoms with Crippen molar-refractivity contribution in [3.05, 3.63) is 35.9 Å². The maximum atomic E-state index is 12.9. The summed E-state index contributed by atoms with van der Waals surface area (Å²) in [5.41, 5.74) is -0.182. The lowest BCUT2D eigenvalue weighted by atomic mass is 9.87. The fraction of sp³-hybridized carbons (Fsp3) is 0.500. The lowest BCUT2D eigenvalue weighted by Gasteiger charge is -2.44. The zero-order valence-electron chi connectivity index (χ0n) is 12.2. The minimum atomic E-state index is -0.992. The Balaban J connectivity index is 1.91. The number of hydrogen-bond donors (Lipinski definition) is 1. The molecular formula is C16H20N2O3. The number of ether oxygens (including phenoxy) is 1. The molecule has 5 heteroatoms. The van der Waals surface area contributed by atoms with Crippen molar-refractivity contribution in [2.45, 2.75) is 31.3 Å². The molecule has 0 aliphatic carbocycles. The molecule has 1 N–H and O–H groups in total. The summed E-state index contributed by atoms with van der Waals surface area (Å²) in [6.07, 6.45) is 1.82. The van der Waals surface area contributed by atoms with Gasteiger partial charge in [0.25, 0.3) is 5.91 Å². The average Bonchev–Trinajstić information content (AvgIpc) is 2.52. The molecule has 2 unspecified atom stereocenters. The largest absolute Gasteiger partial charge is 0.379 e. The van der Waals surface area contributed by atoms with Crippen LogP contribution in [0.25, 0.3) is 0 Å². The SMILES string of the molecule is CC1(c2ccccc2)NC(=O)CN(C2CCCOC2)C1=O. The topological polar surface area (TPSA) is 58.6 Å². The van der Waals surface area contributed by atoms with Crippen LogP contribution in [-0.2, 0) is 19.9 Å². The van der Waals surface area contributed by atoms with Gasteiger partial charge in [0.15, 0.2) is 0 Å². The summed E-state index contributed by atoms with van der Waals surface area (Å²) >= 11 is 0. The van der Waals surface area contributed by atoms with Gasteiger partial charge >= 0.3 is 0 Å². The molecule has 3 rings (SSSR count). The highest BCUT2D eigenvalue weighted by atomic mass is 16.5. The van der Waals surface area contributed by atoms with Gasteiger partial charge in [-0.15, -0.1) is 0 Å². The van der Waals surface area contributed by atoms with Crippen molar-refractivity contribution in [1.82, 2.24) is 10.2 Å². The van der Waals surface area contributed by atoms with Crippen molar-refractivity contribution in [3.8, 4) is 0 Å². The highest BCUT2D eigenvalue weighted by Gasteiger charge is 2.46. The zero-order valence-corrected chi connectivity index (χ0v) is 12.2. The summed E-state index contributed by atoms with van der Waals surface area (Å²) in [5.74, 6) is -0.171. The molecular weight excluding hydrogens is 268 g/mol. The first-order valence-electron chi connectivity index (χ1n) is 7.36. The molecule has 2 aliphatic rings. The number of benzene rings is 1. The fourth-order valence-corrected chi connectivity index (χ4v) is 3.12. The zero-order chi connectivity index (χ0) is 14.9. The molecule has 2 amide bonds. The van der Waals surface area contributed by atoms with Crippen LogP contribution >= 0.6 is 0 Å². The normalized spacial score (nSPS) is 30.1. The standard InChI is InChI=1S/C16H20N2O3/c1-16(12-6-3-2-4-7-12)15(20)18(10-14(19)17-16)13-8-5-9-21-11-13/h2-4,6-7,13H,5,8-11H2,1H3,(H,17,19). The lowest BCUT2D eigenvalue weighted by Crippen LogP contribution is -2.66. The van der Waals surface area contributed by atoms with Gasteiger partial charge in [0.1, 0.15) is 12.1 Å². The van der Waals surface area contributed by atoms with E-state index in [0.29, 0.717) is 6.61 Å². The molecule has 0 saturated carbocycles. The second-order valence-electron chi connectivity index (χ2n) is 5.84. The average molecular weight is 288 g/mol. The van der Waals surface area contributed by atoms with Crippen LogP contribution in [0.5, 0.6) is 0 Å². The number of nitrogens with one attached hydrogen (secondary N) is 1. The number of piperazine rings is 1. The molecule has 0 radical (unpaired) electrons. The van der Waals surface area contributed by atoms with E-state index >= 15 is 0 Å². The molecule has 0 bridgehead atoms. The molecule has 1 aromatic rings. The molecule has 21 heavy (non-hydrogen) atoms. The minimum Gasteiger partial charge on any atom is -0.379 e. The summed E-state index contributed by atoms with van der Waals surface area (Å²) in [5, 5.41) is 2.86. The van der Waals surface area contributed by atoms with E-state index in [9.17, 15) is 9.59 Å². The summed E-state index contributed by atoms with van der Waals surface area (Å²) in [6, 6.07) is 9.40. The Kier molecular flexibility index (Phi) is 3.68. The molecule has 112 valence electrons. The van der Waals surface area contributed by atoms with Crippen LogP contribution in [0.4, 0.5) is 0 Å². The van der Waals surface area contributed by atoms with Crippen LogP contribution in [0.15, 0.2) is 30.3 Å². The van der Waals surface area contributed by atoms with E-state index in [4.69, 9.17) is 4.74 Å². The molecule has 0 spiro atoms. The van der Waals surface area contributed by atoms with Gasteiger partial charge in [-0.25, -0.2) is 0 Å².